The van der Waals surface area contributed by atoms with Gasteiger partial charge in [-0.15, -0.1) is 0 Å². The van der Waals surface area contributed by atoms with Gasteiger partial charge < -0.3 is 5.11 Å². The van der Waals surface area contributed by atoms with Gasteiger partial charge in [0, 0.05) is 0 Å². The largest absolute Gasteiger partial charge is 0.478 e. The Balaban J connectivity index is 5.23. The van der Waals surface area contributed by atoms with Crippen LogP contribution in [0.15, 0.2) is 34.9 Å². The highest BCUT2D eigenvalue weighted by Gasteiger charge is 2.11. The molecule has 0 aromatic rings. The fraction of sp³-hybridized carbons (Fsp3) is 0.462. The summed E-state index contributed by atoms with van der Waals surface area (Å²) in [6.07, 6.45) is 7.57. The molecule has 0 aliphatic heterocycles. The lowest BCUT2D eigenvalue weighted by atomic mass is 10.00. The summed E-state index contributed by atoms with van der Waals surface area (Å²) in [5, 5.41) is 9.11. The lowest BCUT2D eigenvalue weighted by Crippen LogP contribution is -2.04. The van der Waals surface area contributed by atoms with Gasteiger partial charge in [0.15, 0.2) is 0 Å². The van der Waals surface area contributed by atoms with Gasteiger partial charge in [-0.05, 0) is 32.3 Å². The number of hydrogen-bond donors (Lipinski definition) is 1. The van der Waals surface area contributed by atoms with Gasteiger partial charge in [0.25, 0.3) is 0 Å². The van der Waals surface area contributed by atoms with E-state index in [1.54, 1.807) is 0 Å². The van der Waals surface area contributed by atoms with E-state index < -0.39 is 5.97 Å². The van der Waals surface area contributed by atoms with E-state index in [-0.39, 0.29) is 0 Å². The molecule has 0 aromatic heterocycles. The normalized spacial score (nSPS) is 11.9. The second kappa shape index (κ2) is 7.04. The number of carboxylic acid groups (broad SMARTS) is 1. The molecule has 0 aliphatic rings. The van der Waals surface area contributed by atoms with Crippen molar-refractivity contribution >= 4 is 5.97 Å². The molecule has 0 radical (unpaired) electrons. The van der Waals surface area contributed by atoms with Crippen LogP contribution < -0.4 is 0 Å². The molecule has 0 spiro atoms. The number of aliphatic carboxylic acids is 1. The summed E-state index contributed by atoms with van der Waals surface area (Å²) < 4.78 is 0. The first-order valence-electron chi connectivity index (χ1n) is 5.32. The standard InChI is InChI=1S/C13H20O2/c1-5-7-9-11(8-6-2)12(10(3)4)13(14)15/h7-9H,5-6H2,1-4H3,(H,14,15). The molecule has 0 rings (SSSR count). The van der Waals surface area contributed by atoms with Crippen LogP contribution in [0, 0.1) is 0 Å². The third-order valence-electron chi connectivity index (χ3n) is 1.96. The zero-order valence-electron chi connectivity index (χ0n) is 10.0. The van der Waals surface area contributed by atoms with Crippen molar-refractivity contribution in [3.05, 3.63) is 34.9 Å². The Morgan fingerprint density at radius 1 is 1.20 bits per heavy atom. The molecule has 0 unspecified atom stereocenters. The average molecular weight is 208 g/mol. The van der Waals surface area contributed by atoms with Crippen molar-refractivity contribution in [1.29, 1.82) is 0 Å². The predicted octanol–water partition coefficient (Wildman–Crippen LogP) is 3.71. The zero-order chi connectivity index (χ0) is 11.8. The molecule has 2 heteroatoms. The number of rotatable bonds is 5. The van der Waals surface area contributed by atoms with E-state index in [1.165, 1.54) is 0 Å². The summed E-state index contributed by atoms with van der Waals surface area (Å²) in [5.74, 6) is -0.851. The van der Waals surface area contributed by atoms with E-state index in [0.29, 0.717) is 5.57 Å². The molecule has 0 saturated heterocycles. The van der Waals surface area contributed by atoms with Crippen LogP contribution in [-0.2, 0) is 4.79 Å². The van der Waals surface area contributed by atoms with Crippen LogP contribution in [-0.4, -0.2) is 11.1 Å². The Morgan fingerprint density at radius 2 is 1.80 bits per heavy atom. The van der Waals surface area contributed by atoms with Crippen molar-refractivity contribution in [1.82, 2.24) is 0 Å². The second-order valence-electron chi connectivity index (χ2n) is 3.56. The van der Waals surface area contributed by atoms with Crippen LogP contribution in [0.25, 0.3) is 0 Å². The summed E-state index contributed by atoms with van der Waals surface area (Å²) >= 11 is 0. The van der Waals surface area contributed by atoms with Crippen molar-refractivity contribution in [2.45, 2.75) is 40.5 Å². The molecule has 0 bridgehead atoms. The van der Waals surface area contributed by atoms with Gasteiger partial charge in [-0.1, -0.05) is 37.6 Å². The third-order valence-corrected chi connectivity index (χ3v) is 1.96. The first kappa shape index (κ1) is 13.7. The maximum Gasteiger partial charge on any atom is 0.336 e. The summed E-state index contributed by atoms with van der Waals surface area (Å²) in [7, 11) is 0. The second-order valence-corrected chi connectivity index (χ2v) is 3.56. The molecule has 2 nitrogen and oxygen atoms in total. The maximum atomic E-state index is 11.1. The topological polar surface area (TPSA) is 37.3 Å². The quantitative estimate of drug-likeness (QED) is 0.552. The van der Waals surface area contributed by atoms with Crippen LogP contribution in [0.4, 0.5) is 0 Å². The van der Waals surface area contributed by atoms with Crippen LogP contribution in [0.1, 0.15) is 40.5 Å². The minimum absolute atomic E-state index is 0.418. The molecule has 0 saturated carbocycles. The van der Waals surface area contributed by atoms with E-state index in [9.17, 15) is 4.79 Å². The average Bonchev–Trinajstić information content (AvgIpc) is 2.13. The van der Waals surface area contributed by atoms with Gasteiger partial charge in [-0.2, -0.15) is 0 Å². The van der Waals surface area contributed by atoms with Gasteiger partial charge in [-0.3, -0.25) is 0 Å². The highest BCUT2D eigenvalue weighted by Crippen LogP contribution is 2.17. The minimum atomic E-state index is -0.851. The summed E-state index contributed by atoms with van der Waals surface area (Å²) in [5.41, 5.74) is 2.07. The number of allylic oxidation sites excluding steroid dienone is 4. The first-order chi connectivity index (χ1) is 7.04. The molecule has 15 heavy (non-hydrogen) atoms. The smallest absolute Gasteiger partial charge is 0.336 e. The Kier molecular flexibility index (Phi) is 6.43. The molecular formula is C13H20O2. The maximum absolute atomic E-state index is 11.1. The third kappa shape index (κ3) is 4.63. The SMILES string of the molecule is CCC=CC(=CCC)C(C(=O)O)=C(C)C. The van der Waals surface area contributed by atoms with Crippen molar-refractivity contribution in [3.8, 4) is 0 Å². The molecule has 0 fully saturated rings. The van der Waals surface area contributed by atoms with Crippen LogP contribution >= 0.6 is 0 Å². The van der Waals surface area contributed by atoms with Gasteiger partial charge in [0.1, 0.15) is 0 Å². The van der Waals surface area contributed by atoms with Crippen molar-refractivity contribution in [2.24, 2.45) is 0 Å². The Hall–Kier alpha value is -1.31. The first-order valence-corrected chi connectivity index (χ1v) is 5.32. The van der Waals surface area contributed by atoms with Gasteiger partial charge in [-0.25, -0.2) is 4.79 Å². The summed E-state index contributed by atoms with van der Waals surface area (Å²) in [6, 6.07) is 0. The predicted molar refractivity (Wildman–Crippen MR) is 63.8 cm³/mol. The monoisotopic (exact) mass is 208 g/mol. The van der Waals surface area contributed by atoms with E-state index in [0.717, 1.165) is 24.0 Å². The molecule has 0 aliphatic carbocycles. The van der Waals surface area contributed by atoms with Crippen LogP contribution in [0.3, 0.4) is 0 Å². The van der Waals surface area contributed by atoms with Crippen molar-refractivity contribution < 1.29 is 9.90 Å². The van der Waals surface area contributed by atoms with Crippen LogP contribution in [0.2, 0.25) is 0 Å². The van der Waals surface area contributed by atoms with E-state index >= 15 is 0 Å². The zero-order valence-corrected chi connectivity index (χ0v) is 10.0. The Bertz CT molecular complexity index is 302. The lowest BCUT2D eigenvalue weighted by molar-refractivity contribution is -0.132. The fourth-order valence-corrected chi connectivity index (χ4v) is 1.34. The fourth-order valence-electron chi connectivity index (χ4n) is 1.34. The minimum Gasteiger partial charge on any atom is -0.478 e. The van der Waals surface area contributed by atoms with Gasteiger partial charge in [0.05, 0.1) is 5.57 Å². The highest BCUT2D eigenvalue weighted by atomic mass is 16.4. The number of hydrogen-bond acceptors (Lipinski definition) is 1. The lowest BCUT2D eigenvalue weighted by Gasteiger charge is -2.06. The summed E-state index contributed by atoms with van der Waals surface area (Å²) in [6.45, 7) is 7.69. The van der Waals surface area contributed by atoms with Gasteiger partial charge in [0.2, 0.25) is 0 Å². The number of carbonyl (C=O) groups is 1. The molecule has 0 aromatic carbocycles. The van der Waals surface area contributed by atoms with E-state index in [2.05, 4.69) is 0 Å². The molecule has 0 amide bonds. The van der Waals surface area contributed by atoms with E-state index in [4.69, 9.17) is 5.11 Å². The van der Waals surface area contributed by atoms with Gasteiger partial charge >= 0.3 is 5.97 Å². The Labute approximate surface area is 92.0 Å². The molecular weight excluding hydrogens is 188 g/mol. The molecule has 0 atom stereocenters. The molecule has 0 heterocycles. The van der Waals surface area contributed by atoms with Crippen molar-refractivity contribution in [3.63, 3.8) is 0 Å². The van der Waals surface area contributed by atoms with Crippen LogP contribution in [0.5, 0.6) is 0 Å². The van der Waals surface area contributed by atoms with Crippen molar-refractivity contribution in [2.75, 3.05) is 0 Å². The summed E-state index contributed by atoms with van der Waals surface area (Å²) in [4.78, 5) is 11.1. The Morgan fingerprint density at radius 3 is 2.13 bits per heavy atom. The molecule has 84 valence electrons. The highest BCUT2D eigenvalue weighted by molar-refractivity contribution is 5.93. The van der Waals surface area contributed by atoms with E-state index in [1.807, 2.05) is 45.9 Å². The molecule has 1 N–H and O–H groups in total. The number of carboxylic acids is 1.